The van der Waals surface area contributed by atoms with E-state index in [0.29, 0.717) is 18.9 Å². The van der Waals surface area contributed by atoms with Crippen LogP contribution in [-0.4, -0.2) is 37.6 Å². The van der Waals surface area contributed by atoms with Crippen LogP contribution in [0, 0.1) is 5.92 Å². The molecule has 0 aromatic carbocycles. The molecule has 1 aliphatic heterocycles. The molecule has 2 N–H and O–H groups in total. The molecule has 1 aliphatic rings. The minimum atomic E-state index is -0.259. The van der Waals surface area contributed by atoms with Gasteiger partial charge in [0.2, 0.25) is 5.91 Å². The number of carbonyl (C=O) groups is 2. The fraction of sp³-hybridized carbons (Fsp3) is 0.846. The van der Waals surface area contributed by atoms with E-state index in [1.54, 1.807) is 0 Å². The van der Waals surface area contributed by atoms with Crippen LogP contribution in [0.15, 0.2) is 0 Å². The predicted octanol–water partition coefficient (Wildman–Crippen LogP) is 0.834. The minimum absolute atomic E-state index is 0.0271. The van der Waals surface area contributed by atoms with E-state index in [0.717, 1.165) is 25.9 Å². The lowest BCUT2D eigenvalue weighted by Gasteiger charge is -2.10. The van der Waals surface area contributed by atoms with Crippen molar-refractivity contribution in [3.05, 3.63) is 0 Å². The molecule has 0 saturated carbocycles. The van der Waals surface area contributed by atoms with E-state index >= 15 is 0 Å². The van der Waals surface area contributed by atoms with Crippen LogP contribution in [-0.2, 0) is 14.3 Å². The number of amides is 1. The largest absolute Gasteiger partial charge is 0.463 e. The summed E-state index contributed by atoms with van der Waals surface area (Å²) in [4.78, 5) is 22.7. The average molecular weight is 256 g/mol. The zero-order chi connectivity index (χ0) is 13.4. The van der Waals surface area contributed by atoms with E-state index < -0.39 is 0 Å². The fourth-order valence-corrected chi connectivity index (χ4v) is 2.01. The highest BCUT2D eigenvalue weighted by Crippen LogP contribution is 2.13. The van der Waals surface area contributed by atoms with Gasteiger partial charge in [0.15, 0.2) is 0 Å². The van der Waals surface area contributed by atoms with Gasteiger partial charge in [0.25, 0.3) is 0 Å². The molecule has 1 atom stereocenters. The number of esters is 1. The standard InChI is InChI=1S/C13H24N2O3/c1-10(2)18-13(17)6-8-15-12(16)4-3-11-5-7-14-9-11/h10-11,14H,3-9H2,1-2H3,(H,15,16). The molecule has 1 fully saturated rings. The molecule has 1 rings (SSSR count). The first-order chi connectivity index (χ1) is 8.58. The Hall–Kier alpha value is -1.10. The molecule has 1 unspecified atom stereocenters. The Bertz CT molecular complexity index is 273. The van der Waals surface area contributed by atoms with Crippen molar-refractivity contribution in [2.75, 3.05) is 19.6 Å². The molecule has 1 saturated heterocycles. The molecule has 5 nitrogen and oxygen atoms in total. The molecule has 0 aromatic rings. The van der Waals surface area contributed by atoms with Crippen LogP contribution in [0.3, 0.4) is 0 Å². The molecule has 0 aliphatic carbocycles. The van der Waals surface area contributed by atoms with Gasteiger partial charge in [0, 0.05) is 13.0 Å². The first kappa shape index (κ1) is 15.0. The molecule has 5 heteroatoms. The number of hydrogen-bond donors (Lipinski definition) is 2. The van der Waals surface area contributed by atoms with Crippen molar-refractivity contribution in [3.8, 4) is 0 Å². The molecule has 1 heterocycles. The highest BCUT2D eigenvalue weighted by atomic mass is 16.5. The van der Waals surface area contributed by atoms with E-state index in [4.69, 9.17) is 4.74 Å². The van der Waals surface area contributed by atoms with Crippen LogP contribution in [0.1, 0.15) is 39.5 Å². The van der Waals surface area contributed by atoms with Gasteiger partial charge >= 0.3 is 5.97 Å². The molecular formula is C13H24N2O3. The zero-order valence-corrected chi connectivity index (χ0v) is 11.3. The summed E-state index contributed by atoms with van der Waals surface area (Å²) in [7, 11) is 0. The zero-order valence-electron chi connectivity index (χ0n) is 11.3. The summed E-state index contributed by atoms with van der Waals surface area (Å²) in [5, 5.41) is 6.03. The SMILES string of the molecule is CC(C)OC(=O)CCNC(=O)CCC1CCNC1. The molecular weight excluding hydrogens is 232 g/mol. The summed E-state index contributed by atoms with van der Waals surface area (Å²) in [5.41, 5.74) is 0. The van der Waals surface area contributed by atoms with Gasteiger partial charge in [-0.3, -0.25) is 9.59 Å². The van der Waals surface area contributed by atoms with Gasteiger partial charge in [0.05, 0.1) is 12.5 Å². The summed E-state index contributed by atoms with van der Waals surface area (Å²) in [5.74, 6) is 0.395. The maximum absolute atomic E-state index is 11.5. The smallest absolute Gasteiger partial charge is 0.307 e. The second-order valence-corrected chi connectivity index (χ2v) is 5.04. The van der Waals surface area contributed by atoms with Gasteiger partial charge < -0.3 is 15.4 Å². The third-order valence-electron chi connectivity index (χ3n) is 2.96. The number of nitrogens with one attached hydrogen (secondary N) is 2. The molecule has 0 spiro atoms. The maximum Gasteiger partial charge on any atom is 0.307 e. The minimum Gasteiger partial charge on any atom is -0.463 e. The van der Waals surface area contributed by atoms with Gasteiger partial charge in [-0.25, -0.2) is 0 Å². The maximum atomic E-state index is 11.5. The second-order valence-electron chi connectivity index (χ2n) is 5.04. The van der Waals surface area contributed by atoms with Gasteiger partial charge in [-0.15, -0.1) is 0 Å². The second kappa shape index (κ2) is 8.08. The lowest BCUT2D eigenvalue weighted by molar-refractivity contribution is -0.147. The van der Waals surface area contributed by atoms with Crippen molar-refractivity contribution in [2.45, 2.75) is 45.6 Å². The summed E-state index contributed by atoms with van der Waals surface area (Å²) in [6, 6.07) is 0. The first-order valence-electron chi connectivity index (χ1n) is 6.75. The van der Waals surface area contributed by atoms with Gasteiger partial charge in [-0.05, 0) is 45.7 Å². The number of carbonyl (C=O) groups excluding carboxylic acids is 2. The van der Waals surface area contributed by atoms with Crippen molar-refractivity contribution < 1.29 is 14.3 Å². The Morgan fingerprint density at radius 3 is 2.78 bits per heavy atom. The molecule has 0 bridgehead atoms. The Morgan fingerprint density at radius 2 is 2.17 bits per heavy atom. The van der Waals surface area contributed by atoms with Crippen molar-refractivity contribution in [1.82, 2.24) is 10.6 Å². The van der Waals surface area contributed by atoms with E-state index in [-0.39, 0.29) is 24.4 Å². The van der Waals surface area contributed by atoms with Crippen molar-refractivity contribution >= 4 is 11.9 Å². The molecule has 0 aromatic heterocycles. The average Bonchev–Trinajstić information content (AvgIpc) is 2.78. The summed E-state index contributed by atoms with van der Waals surface area (Å²) < 4.78 is 4.97. The van der Waals surface area contributed by atoms with Gasteiger partial charge in [0.1, 0.15) is 0 Å². The molecule has 0 radical (unpaired) electrons. The van der Waals surface area contributed by atoms with E-state index in [9.17, 15) is 9.59 Å². The van der Waals surface area contributed by atoms with Crippen LogP contribution in [0.25, 0.3) is 0 Å². The van der Waals surface area contributed by atoms with E-state index in [1.807, 2.05) is 13.8 Å². The highest BCUT2D eigenvalue weighted by molar-refractivity contribution is 5.77. The Morgan fingerprint density at radius 1 is 1.39 bits per heavy atom. The number of rotatable bonds is 7. The number of ether oxygens (including phenoxy) is 1. The summed E-state index contributed by atoms with van der Waals surface area (Å²) >= 11 is 0. The third-order valence-corrected chi connectivity index (χ3v) is 2.96. The quantitative estimate of drug-likeness (QED) is 0.662. The fourth-order valence-electron chi connectivity index (χ4n) is 2.01. The third kappa shape index (κ3) is 6.59. The normalized spacial score (nSPS) is 18.9. The summed E-state index contributed by atoms with van der Waals surface area (Å²) in [6.45, 7) is 6.08. The first-order valence-corrected chi connectivity index (χ1v) is 6.75. The molecule has 18 heavy (non-hydrogen) atoms. The van der Waals surface area contributed by atoms with E-state index in [1.165, 1.54) is 0 Å². The van der Waals surface area contributed by atoms with Crippen molar-refractivity contribution in [1.29, 1.82) is 0 Å². The number of hydrogen-bond acceptors (Lipinski definition) is 4. The Kier molecular flexibility index (Phi) is 6.72. The van der Waals surface area contributed by atoms with Crippen LogP contribution in [0.5, 0.6) is 0 Å². The Labute approximate surface area is 109 Å². The van der Waals surface area contributed by atoms with Crippen LogP contribution >= 0.6 is 0 Å². The van der Waals surface area contributed by atoms with Crippen molar-refractivity contribution in [3.63, 3.8) is 0 Å². The lowest BCUT2D eigenvalue weighted by atomic mass is 10.0. The topological polar surface area (TPSA) is 67.4 Å². The Balaban J connectivity index is 2.00. The van der Waals surface area contributed by atoms with E-state index in [2.05, 4.69) is 10.6 Å². The predicted molar refractivity (Wildman–Crippen MR) is 69.1 cm³/mol. The van der Waals surface area contributed by atoms with Gasteiger partial charge in [-0.1, -0.05) is 0 Å². The molecule has 1 amide bonds. The van der Waals surface area contributed by atoms with Crippen LogP contribution in [0.4, 0.5) is 0 Å². The lowest BCUT2D eigenvalue weighted by Crippen LogP contribution is -2.27. The highest BCUT2D eigenvalue weighted by Gasteiger charge is 2.15. The molecule has 104 valence electrons. The monoisotopic (exact) mass is 256 g/mol. The van der Waals surface area contributed by atoms with Gasteiger partial charge in [-0.2, -0.15) is 0 Å². The van der Waals surface area contributed by atoms with Crippen LogP contribution in [0.2, 0.25) is 0 Å². The van der Waals surface area contributed by atoms with Crippen molar-refractivity contribution in [2.24, 2.45) is 5.92 Å². The van der Waals surface area contributed by atoms with Crippen LogP contribution < -0.4 is 10.6 Å². The summed E-state index contributed by atoms with van der Waals surface area (Å²) in [6.07, 6.45) is 2.78.